The van der Waals surface area contributed by atoms with Crippen molar-refractivity contribution in [3.05, 3.63) is 47.7 Å². The Morgan fingerprint density at radius 1 is 1.13 bits per heavy atom. The minimum atomic E-state index is -0.923. The average molecular weight is 620 g/mol. The molecule has 4 saturated heterocycles. The van der Waals surface area contributed by atoms with Gasteiger partial charge in [0.1, 0.15) is 41.4 Å². The number of ether oxygens (including phenoxy) is 1. The van der Waals surface area contributed by atoms with E-state index in [-0.39, 0.29) is 47.1 Å². The monoisotopic (exact) mass is 619 g/mol. The number of benzene rings is 2. The first kappa shape index (κ1) is 28.8. The van der Waals surface area contributed by atoms with E-state index in [0.29, 0.717) is 59.9 Å². The highest BCUT2D eigenvalue weighted by Gasteiger charge is 2.49. The number of hydrogen-bond acceptors (Lipinski definition) is 8. The van der Waals surface area contributed by atoms with Gasteiger partial charge >= 0.3 is 6.01 Å². The largest absolute Gasteiger partial charge is 0.508 e. The number of aromatic nitrogens is 3. The van der Waals surface area contributed by atoms with Crippen LogP contribution in [-0.2, 0) is 6.42 Å². The third-order valence-corrected chi connectivity index (χ3v) is 10.7. The molecular formula is C34H36F3N5O3. The van der Waals surface area contributed by atoms with E-state index in [0.717, 1.165) is 32.2 Å². The number of phenols is 1. The van der Waals surface area contributed by atoms with E-state index < -0.39 is 29.4 Å². The lowest BCUT2D eigenvalue weighted by atomic mass is 9.78. The molecule has 2 N–H and O–H groups in total. The molecule has 0 spiro atoms. The third kappa shape index (κ3) is 4.61. The lowest BCUT2D eigenvalue weighted by Crippen LogP contribution is -2.56. The zero-order valence-electron chi connectivity index (χ0n) is 25.1. The third-order valence-electron chi connectivity index (χ3n) is 10.7. The van der Waals surface area contributed by atoms with E-state index in [9.17, 15) is 19.0 Å². The molecule has 1 aliphatic carbocycles. The van der Waals surface area contributed by atoms with Crippen molar-refractivity contribution in [2.75, 3.05) is 31.1 Å². The van der Waals surface area contributed by atoms with Gasteiger partial charge in [-0.2, -0.15) is 9.97 Å². The molecule has 4 aromatic rings. The quantitative estimate of drug-likeness (QED) is 0.284. The number of nitrogens with zero attached hydrogens (tertiary/aromatic N) is 5. The van der Waals surface area contributed by atoms with E-state index in [1.807, 2.05) is 11.8 Å². The molecule has 2 aromatic carbocycles. The topological polar surface area (TPSA) is 94.8 Å². The van der Waals surface area contributed by atoms with Crippen LogP contribution in [0, 0.1) is 17.6 Å². The molecule has 4 aliphatic heterocycles. The summed E-state index contributed by atoms with van der Waals surface area (Å²) in [5.41, 5.74) is 0.129. The van der Waals surface area contributed by atoms with Crippen LogP contribution in [-0.4, -0.2) is 80.2 Å². The minimum Gasteiger partial charge on any atom is -0.508 e. The molecule has 0 amide bonds. The van der Waals surface area contributed by atoms with Gasteiger partial charge in [-0.1, -0.05) is 13.0 Å². The fraction of sp³-hybridized carbons (Fsp3) is 0.500. The number of anilines is 1. The van der Waals surface area contributed by atoms with Crippen LogP contribution in [0.2, 0.25) is 0 Å². The standard InChI is InChI=1S/C34H36F3N5O3/c1-2-22-25(36)6-5-19-11-21(43)12-23(28(19)22)30-29(37)31-24(14-38-30)32(42-15-18-4-7-26(42)27(44)10-18)40-33(39-31)45-17-34-8-3-9-41(34)16-20(35)13-34/h5-6,11-12,14,18,20,26-27,43-44H,2-4,7-10,13,15-17H2,1H3/t18?,20-,26-,27?,34+/m1/s1. The van der Waals surface area contributed by atoms with Gasteiger partial charge in [0.05, 0.1) is 23.1 Å². The maximum absolute atomic E-state index is 16.8. The minimum absolute atomic E-state index is 0.0163. The summed E-state index contributed by atoms with van der Waals surface area (Å²) in [5.74, 6) is -0.533. The number of aromatic hydroxyl groups is 1. The molecule has 1 saturated carbocycles. The molecule has 9 rings (SSSR count). The number of aliphatic hydroxyl groups excluding tert-OH is 1. The first-order chi connectivity index (χ1) is 21.7. The second kappa shape index (κ2) is 10.7. The fourth-order valence-corrected chi connectivity index (χ4v) is 8.57. The van der Waals surface area contributed by atoms with Crippen LogP contribution < -0.4 is 9.64 Å². The molecule has 236 valence electrons. The Morgan fingerprint density at radius 3 is 2.80 bits per heavy atom. The Labute approximate surface area is 258 Å². The number of fused-ring (bicyclic) bond motifs is 6. The molecule has 11 heteroatoms. The molecule has 5 aliphatic rings. The number of pyridine rings is 1. The zero-order valence-corrected chi connectivity index (χ0v) is 25.1. The highest BCUT2D eigenvalue weighted by atomic mass is 19.1. The summed E-state index contributed by atoms with van der Waals surface area (Å²) in [6.07, 6.45) is 5.07. The van der Waals surface area contributed by atoms with Crippen molar-refractivity contribution < 1.29 is 28.1 Å². The number of piperidine rings is 2. The molecule has 6 heterocycles. The Hall–Kier alpha value is -3.70. The molecule has 5 fully saturated rings. The van der Waals surface area contributed by atoms with Crippen molar-refractivity contribution in [1.82, 2.24) is 19.9 Å². The van der Waals surface area contributed by atoms with E-state index in [1.54, 1.807) is 6.07 Å². The molecule has 45 heavy (non-hydrogen) atoms. The lowest BCUT2D eigenvalue weighted by Gasteiger charge is -2.48. The number of hydrogen-bond donors (Lipinski definition) is 2. The summed E-state index contributed by atoms with van der Waals surface area (Å²) in [4.78, 5) is 18.1. The maximum atomic E-state index is 16.8. The predicted molar refractivity (Wildman–Crippen MR) is 164 cm³/mol. The summed E-state index contributed by atoms with van der Waals surface area (Å²) in [6, 6.07) is 5.63. The van der Waals surface area contributed by atoms with Crippen molar-refractivity contribution in [3.8, 4) is 23.0 Å². The van der Waals surface area contributed by atoms with Gasteiger partial charge in [-0.25, -0.2) is 13.2 Å². The summed E-state index contributed by atoms with van der Waals surface area (Å²) in [6.45, 7) is 3.86. The van der Waals surface area contributed by atoms with Crippen LogP contribution in [0.15, 0.2) is 30.5 Å². The Balaban J connectivity index is 1.29. The maximum Gasteiger partial charge on any atom is 0.319 e. The SMILES string of the molecule is CCc1c(F)ccc2cc(O)cc(-c3ncc4c(N5CC6CC[C@@H]5C(O)C6)nc(OC[C@@]56CCCN5C[C@H](F)C6)nc4c3F)c12. The van der Waals surface area contributed by atoms with E-state index >= 15 is 4.39 Å². The lowest BCUT2D eigenvalue weighted by molar-refractivity contribution is 0.0502. The summed E-state index contributed by atoms with van der Waals surface area (Å²) in [5, 5.41) is 22.9. The second-order valence-corrected chi connectivity index (χ2v) is 13.3. The number of aryl methyl sites for hydroxylation is 1. The van der Waals surface area contributed by atoms with Gasteiger partial charge in [0.15, 0.2) is 5.82 Å². The van der Waals surface area contributed by atoms with Gasteiger partial charge in [-0.05, 0) is 85.5 Å². The van der Waals surface area contributed by atoms with Crippen molar-refractivity contribution in [2.24, 2.45) is 5.92 Å². The normalized spacial score (nSPS) is 28.0. The molecule has 0 radical (unpaired) electrons. The second-order valence-electron chi connectivity index (χ2n) is 13.3. The summed E-state index contributed by atoms with van der Waals surface area (Å²) < 4.78 is 52.5. The first-order valence-electron chi connectivity index (χ1n) is 16.0. The summed E-state index contributed by atoms with van der Waals surface area (Å²) >= 11 is 0. The van der Waals surface area contributed by atoms with E-state index in [2.05, 4.69) is 14.9 Å². The van der Waals surface area contributed by atoms with Crippen molar-refractivity contribution in [2.45, 2.75) is 75.7 Å². The van der Waals surface area contributed by atoms with Gasteiger partial charge in [-0.15, -0.1) is 0 Å². The van der Waals surface area contributed by atoms with Crippen LogP contribution in [0.5, 0.6) is 11.8 Å². The van der Waals surface area contributed by atoms with Crippen molar-refractivity contribution in [3.63, 3.8) is 0 Å². The van der Waals surface area contributed by atoms with Crippen molar-refractivity contribution in [1.29, 1.82) is 0 Å². The number of rotatable bonds is 6. The Morgan fingerprint density at radius 2 is 2.00 bits per heavy atom. The van der Waals surface area contributed by atoms with Crippen LogP contribution in [0.25, 0.3) is 32.9 Å². The van der Waals surface area contributed by atoms with E-state index in [1.165, 1.54) is 24.4 Å². The molecule has 2 unspecified atom stereocenters. The Bertz CT molecular complexity index is 1820. The number of aliphatic hydroxyl groups is 1. The molecule has 5 atom stereocenters. The average Bonchev–Trinajstić information content (AvgIpc) is 3.55. The van der Waals surface area contributed by atoms with Gasteiger partial charge in [0.25, 0.3) is 0 Å². The smallest absolute Gasteiger partial charge is 0.319 e. The molecule has 8 nitrogen and oxygen atoms in total. The highest BCUT2D eigenvalue weighted by molar-refractivity contribution is 6.01. The number of alkyl halides is 1. The molecule has 2 aromatic heterocycles. The van der Waals surface area contributed by atoms with Crippen molar-refractivity contribution >= 4 is 27.5 Å². The van der Waals surface area contributed by atoms with Gasteiger partial charge in [0.2, 0.25) is 0 Å². The fourth-order valence-electron chi connectivity index (χ4n) is 8.57. The summed E-state index contributed by atoms with van der Waals surface area (Å²) in [7, 11) is 0. The van der Waals surface area contributed by atoms with Crippen LogP contribution in [0.3, 0.4) is 0 Å². The molecular weight excluding hydrogens is 583 g/mol. The first-order valence-corrected chi connectivity index (χ1v) is 16.0. The Kier molecular flexibility index (Phi) is 6.83. The predicted octanol–water partition coefficient (Wildman–Crippen LogP) is 5.70. The molecule has 2 bridgehead atoms. The highest BCUT2D eigenvalue weighted by Crippen LogP contribution is 2.44. The van der Waals surface area contributed by atoms with Gasteiger partial charge in [0, 0.05) is 31.3 Å². The van der Waals surface area contributed by atoms with Crippen LogP contribution >= 0.6 is 0 Å². The van der Waals surface area contributed by atoms with Crippen LogP contribution in [0.1, 0.15) is 51.0 Å². The zero-order chi connectivity index (χ0) is 31.0. The number of halogens is 3. The van der Waals surface area contributed by atoms with Gasteiger partial charge in [-0.3, -0.25) is 9.88 Å². The van der Waals surface area contributed by atoms with E-state index in [4.69, 9.17) is 9.72 Å². The van der Waals surface area contributed by atoms with Gasteiger partial charge < -0.3 is 19.8 Å². The van der Waals surface area contributed by atoms with Crippen LogP contribution in [0.4, 0.5) is 19.0 Å². The number of phenolic OH excluding ortho intramolecular Hbond substituents is 1.